The maximum absolute atomic E-state index is 5.40. The lowest BCUT2D eigenvalue weighted by atomic mass is 10.1. The molecule has 1 aliphatic rings. The van der Waals surface area contributed by atoms with Gasteiger partial charge in [-0.1, -0.05) is 13.3 Å². The zero-order chi connectivity index (χ0) is 10.2. The van der Waals surface area contributed by atoms with Crippen LogP contribution in [0.5, 0.6) is 0 Å². The molecule has 0 radical (unpaired) electrons. The molecular weight excluding hydrogens is 174 g/mol. The van der Waals surface area contributed by atoms with Crippen LogP contribution >= 0.6 is 0 Å². The second-order valence-corrected chi connectivity index (χ2v) is 4.44. The first-order chi connectivity index (χ1) is 6.86. The van der Waals surface area contributed by atoms with Gasteiger partial charge in [-0.15, -0.1) is 0 Å². The zero-order valence-corrected chi connectivity index (χ0v) is 9.72. The average molecular weight is 199 g/mol. The summed E-state index contributed by atoms with van der Waals surface area (Å²) in [4.78, 5) is 0. The molecule has 1 fully saturated rings. The molecule has 1 N–H and O–H groups in total. The monoisotopic (exact) mass is 199 g/mol. The molecule has 0 unspecified atom stereocenters. The van der Waals surface area contributed by atoms with Gasteiger partial charge in [-0.05, 0) is 51.1 Å². The fourth-order valence-corrected chi connectivity index (χ4v) is 1.78. The minimum absolute atomic E-state index is 0.489. The standard InChI is InChI=1S/C12H25NO/c1-3-5-12(14-2)6-4-9-13-10-11-7-8-11/h11-13H,3-10H2,1-2H3/t12-/m1/s1. The summed E-state index contributed by atoms with van der Waals surface area (Å²) in [7, 11) is 1.83. The van der Waals surface area contributed by atoms with Gasteiger partial charge in [-0.2, -0.15) is 0 Å². The summed E-state index contributed by atoms with van der Waals surface area (Å²) in [5.41, 5.74) is 0. The van der Waals surface area contributed by atoms with Crippen LogP contribution in [0, 0.1) is 5.92 Å². The SMILES string of the molecule is CCC[C@H](CCCNCC1CC1)OC. The maximum Gasteiger partial charge on any atom is 0.0571 e. The lowest BCUT2D eigenvalue weighted by Crippen LogP contribution is -2.20. The van der Waals surface area contributed by atoms with Gasteiger partial charge in [-0.25, -0.2) is 0 Å². The molecule has 0 aromatic carbocycles. The minimum Gasteiger partial charge on any atom is -0.381 e. The first kappa shape index (κ1) is 12.0. The van der Waals surface area contributed by atoms with Gasteiger partial charge < -0.3 is 10.1 Å². The van der Waals surface area contributed by atoms with E-state index >= 15 is 0 Å². The summed E-state index contributed by atoms with van der Waals surface area (Å²) in [5.74, 6) is 1.00. The molecule has 1 aliphatic carbocycles. The summed E-state index contributed by atoms with van der Waals surface area (Å²) in [5, 5.41) is 3.51. The quantitative estimate of drug-likeness (QED) is 0.576. The molecule has 0 aromatic rings. The van der Waals surface area contributed by atoms with Crippen molar-refractivity contribution in [2.75, 3.05) is 20.2 Å². The van der Waals surface area contributed by atoms with E-state index in [0.717, 1.165) is 5.92 Å². The Kier molecular flexibility index (Phi) is 6.20. The van der Waals surface area contributed by atoms with Crippen LogP contribution in [0.15, 0.2) is 0 Å². The van der Waals surface area contributed by atoms with Gasteiger partial charge in [0.25, 0.3) is 0 Å². The Morgan fingerprint density at radius 2 is 2.14 bits per heavy atom. The van der Waals surface area contributed by atoms with E-state index in [2.05, 4.69) is 12.2 Å². The lowest BCUT2D eigenvalue weighted by molar-refractivity contribution is 0.0856. The molecule has 14 heavy (non-hydrogen) atoms. The van der Waals surface area contributed by atoms with E-state index < -0.39 is 0 Å². The van der Waals surface area contributed by atoms with E-state index in [4.69, 9.17) is 4.74 Å². The highest BCUT2D eigenvalue weighted by Gasteiger charge is 2.19. The Bertz CT molecular complexity index is 134. The van der Waals surface area contributed by atoms with Crippen LogP contribution in [0.1, 0.15) is 45.4 Å². The average Bonchev–Trinajstić information content (AvgIpc) is 2.99. The Labute approximate surface area is 88.4 Å². The summed E-state index contributed by atoms with van der Waals surface area (Å²) in [6.45, 7) is 4.63. The Morgan fingerprint density at radius 3 is 2.71 bits per heavy atom. The van der Waals surface area contributed by atoms with Crippen molar-refractivity contribution in [1.29, 1.82) is 0 Å². The first-order valence-electron chi connectivity index (χ1n) is 6.10. The molecule has 0 bridgehead atoms. The number of nitrogens with one attached hydrogen (secondary N) is 1. The molecular formula is C12H25NO. The molecule has 2 nitrogen and oxygen atoms in total. The van der Waals surface area contributed by atoms with Crippen molar-refractivity contribution in [1.82, 2.24) is 5.32 Å². The second-order valence-electron chi connectivity index (χ2n) is 4.44. The van der Waals surface area contributed by atoms with Gasteiger partial charge in [-0.3, -0.25) is 0 Å². The van der Waals surface area contributed by atoms with E-state index in [1.54, 1.807) is 0 Å². The number of methoxy groups -OCH3 is 1. The van der Waals surface area contributed by atoms with E-state index in [1.165, 1.54) is 51.6 Å². The Morgan fingerprint density at radius 1 is 1.36 bits per heavy atom. The summed E-state index contributed by atoms with van der Waals surface area (Å²) in [6.07, 6.45) is 8.29. The van der Waals surface area contributed by atoms with Gasteiger partial charge >= 0.3 is 0 Å². The molecule has 0 aliphatic heterocycles. The lowest BCUT2D eigenvalue weighted by Gasteiger charge is -2.14. The van der Waals surface area contributed by atoms with Crippen molar-refractivity contribution in [3.05, 3.63) is 0 Å². The number of ether oxygens (including phenoxy) is 1. The normalized spacial score (nSPS) is 18.4. The van der Waals surface area contributed by atoms with Crippen molar-refractivity contribution < 1.29 is 4.74 Å². The van der Waals surface area contributed by atoms with E-state index in [9.17, 15) is 0 Å². The molecule has 0 saturated heterocycles. The van der Waals surface area contributed by atoms with Crippen LogP contribution in [0.2, 0.25) is 0 Å². The second kappa shape index (κ2) is 7.24. The highest BCUT2D eigenvalue weighted by molar-refractivity contribution is 4.75. The highest BCUT2D eigenvalue weighted by Crippen LogP contribution is 2.27. The zero-order valence-electron chi connectivity index (χ0n) is 9.72. The van der Waals surface area contributed by atoms with Crippen molar-refractivity contribution in [2.45, 2.75) is 51.6 Å². The summed E-state index contributed by atoms with van der Waals surface area (Å²) >= 11 is 0. The van der Waals surface area contributed by atoms with Crippen LogP contribution in [0.4, 0.5) is 0 Å². The summed E-state index contributed by atoms with van der Waals surface area (Å²) < 4.78 is 5.40. The van der Waals surface area contributed by atoms with Gasteiger partial charge in [0, 0.05) is 7.11 Å². The van der Waals surface area contributed by atoms with Crippen LogP contribution in [-0.2, 0) is 4.74 Å². The molecule has 0 spiro atoms. The van der Waals surface area contributed by atoms with Gasteiger partial charge in [0.1, 0.15) is 0 Å². The third kappa shape index (κ3) is 5.61. The smallest absolute Gasteiger partial charge is 0.0571 e. The predicted octanol–water partition coefficient (Wildman–Crippen LogP) is 2.58. The first-order valence-corrected chi connectivity index (χ1v) is 6.10. The third-order valence-corrected chi connectivity index (χ3v) is 2.95. The van der Waals surface area contributed by atoms with Crippen molar-refractivity contribution in [3.63, 3.8) is 0 Å². The van der Waals surface area contributed by atoms with E-state index in [1.807, 2.05) is 7.11 Å². The molecule has 0 heterocycles. The topological polar surface area (TPSA) is 21.3 Å². The van der Waals surface area contributed by atoms with Gasteiger partial charge in [0.05, 0.1) is 6.10 Å². The molecule has 0 amide bonds. The van der Waals surface area contributed by atoms with Gasteiger partial charge in [0.15, 0.2) is 0 Å². The van der Waals surface area contributed by atoms with E-state index in [0.29, 0.717) is 6.10 Å². The molecule has 1 saturated carbocycles. The van der Waals surface area contributed by atoms with Crippen molar-refractivity contribution in [3.8, 4) is 0 Å². The van der Waals surface area contributed by atoms with Crippen molar-refractivity contribution in [2.24, 2.45) is 5.92 Å². The minimum atomic E-state index is 0.489. The van der Waals surface area contributed by atoms with Crippen LogP contribution in [0.3, 0.4) is 0 Å². The van der Waals surface area contributed by atoms with Crippen LogP contribution < -0.4 is 5.32 Å². The van der Waals surface area contributed by atoms with Crippen LogP contribution in [0.25, 0.3) is 0 Å². The molecule has 0 aromatic heterocycles. The highest BCUT2D eigenvalue weighted by atomic mass is 16.5. The van der Waals surface area contributed by atoms with Gasteiger partial charge in [0.2, 0.25) is 0 Å². The van der Waals surface area contributed by atoms with Crippen molar-refractivity contribution >= 4 is 0 Å². The Balaban J connectivity index is 1.84. The Hall–Kier alpha value is -0.0800. The number of hydrogen-bond acceptors (Lipinski definition) is 2. The predicted molar refractivity (Wildman–Crippen MR) is 60.5 cm³/mol. The fourth-order valence-electron chi connectivity index (χ4n) is 1.78. The number of hydrogen-bond donors (Lipinski definition) is 1. The van der Waals surface area contributed by atoms with E-state index in [-0.39, 0.29) is 0 Å². The van der Waals surface area contributed by atoms with Crippen LogP contribution in [-0.4, -0.2) is 26.3 Å². The molecule has 84 valence electrons. The molecule has 2 heteroatoms. The molecule has 1 atom stereocenters. The third-order valence-electron chi connectivity index (χ3n) is 2.95. The number of rotatable bonds is 9. The largest absolute Gasteiger partial charge is 0.381 e. The summed E-state index contributed by atoms with van der Waals surface area (Å²) in [6, 6.07) is 0. The fraction of sp³-hybridized carbons (Fsp3) is 1.00. The molecule has 1 rings (SSSR count). The maximum atomic E-state index is 5.40.